The number of ether oxygens (including phenoxy) is 1. The Morgan fingerprint density at radius 1 is 1.33 bits per heavy atom. The Balaban J connectivity index is 1.78. The van der Waals surface area contributed by atoms with Crippen LogP contribution in [-0.2, 0) is 4.79 Å². The highest BCUT2D eigenvalue weighted by Crippen LogP contribution is 2.27. The summed E-state index contributed by atoms with van der Waals surface area (Å²) < 4.78 is 10.8. The summed E-state index contributed by atoms with van der Waals surface area (Å²) in [6.07, 6.45) is 1.43. The van der Waals surface area contributed by atoms with E-state index in [2.05, 4.69) is 21.2 Å². The molecule has 0 aliphatic carbocycles. The Kier molecular flexibility index (Phi) is 5.41. The summed E-state index contributed by atoms with van der Waals surface area (Å²) in [4.78, 5) is 23.2. The minimum atomic E-state index is -0.487. The van der Waals surface area contributed by atoms with Crippen LogP contribution in [0.4, 0.5) is 0 Å². The first-order valence-electron chi connectivity index (χ1n) is 6.03. The van der Waals surface area contributed by atoms with Crippen molar-refractivity contribution >= 4 is 39.4 Å². The number of carbonyl (C=O) groups excluding carboxylic acids is 2. The van der Waals surface area contributed by atoms with E-state index in [0.29, 0.717) is 5.02 Å². The zero-order valence-corrected chi connectivity index (χ0v) is 13.1. The van der Waals surface area contributed by atoms with Crippen LogP contribution in [0.25, 0.3) is 0 Å². The Morgan fingerprint density at radius 2 is 2.14 bits per heavy atom. The van der Waals surface area contributed by atoms with E-state index >= 15 is 0 Å². The lowest BCUT2D eigenvalue weighted by Gasteiger charge is -2.07. The van der Waals surface area contributed by atoms with Gasteiger partial charge in [0.05, 0.1) is 17.7 Å². The second-order valence-electron chi connectivity index (χ2n) is 4.03. The molecular weight excluding hydrogens is 362 g/mol. The zero-order valence-electron chi connectivity index (χ0n) is 10.8. The fourth-order valence-electron chi connectivity index (χ4n) is 1.50. The zero-order chi connectivity index (χ0) is 15.2. The van der Waals surface area contributed by atoms with E-state index in [1.807, 2.05) is 0 Å². The van der Waals surface area contributed by atoms with E-state index in [0.717, 1.165) is 4.47 Å². The molecule has 0 atom stereocenters. The first-order valence-corrected chi connectivity index (χ1v) is 7.21. The van der Waals surface area contributed by atoms with Gasteiger partial charge in [-0.05, 0) is 30.3 Å². The molecule has 0 fully saturated rings. The fraction of sp³-hybridized carbons (Fsp3) is 0.143. The number of amides is 1. The lowest BCUT2D eigenvalue weighted by atomic mass is 10.3. The van der Waals surface area contributed by atoms with Crippen LogP contribution < -0.4 is 10.1 Å². The van der Waals surface area contributed by atoms with Crippen molar-refractivity contribution in [2.45, 2.75) is 6.42 Å². The van der Waals surface area contributed by atoms with Crippen molar-refractivity contribution in [3.05, 3.63) is 51.9 Å². The molecule has 0 aliphatic rings. The Morgan fingerprint density at radius 3 is 2.81 bits per heavy atom. The molecule has 0 spiro atoms. The number of carbonyl (C=O) groups is 2. The number of esters is 1. The third-order valence-corrected chi connectivity index (χ3v) is 3.27. The van der Waals surface area contributed by atoms with Gasteiger partial charge in [-0.1, -0.05) is 27.5 Å². The largest absolute Gasteiger partial charge is 0.459 e. The van der Waals surface area contributed by atoms with E-state index in [9.17, 15) is 9.59 Å². The number of rotatable bonds is 5. The van der Waals surface area contributed by atoms with Gasteiger partial charge >= 0.3 is 5.97 Å². The second-order valence-corrected chi connectivity index (χ2v) is 5.35. The van der Waals surface area contributed by atoms with Gasteiger partial charge < -0.3 is 14.5 Å². The Hall–Kier alpha value is -1.79. The first-order chi connectivity index (χ1) is 10.1. The summed E-state index contributed by atoms with van der Waals surface area (Å²) in [6.45, 7) is 0.145. The number of benzene rings is 1. The topological polar surface area (TPSA) is 68.5 Å². The molecule has 1 heterocycles. The lowest BCUT2D eigenvalue weighted by molar-refractivity contribution is -0.134. The molecule has 1 amide bonds. The molecule has 0 saturated carbocycles. The number of halogens is 2. The van der Waals surface area contributed by atoms with Crippen LogP contribution in [0.1, 0.15) is 17.0 Å². The molecule has 0 radical (unpaired) electrons. The molecule has 5 nitrogen and oxygen atoms in total. The van der Waals surface area contributed by atoms with Gasteiger partial charge in [0.15, 0.2) is 5.76 Å². The van der Waals surface area contributed by atoms with E-state index in [-0.39, 0.29) is 30.4 Å². The summed E-state index contributed by atoms with van der Waals surface area (Å²) in [5.41, 5.74) is 0. The highest BCUT2D eigenvalue weighted by atomic mass is 79.9. The smallest absolute Gasteiger partial charge is 0.313 e. The summed E-state index contributed by atoms with van der Waals surface area (Å²) in [5, 5.41) is 2.88. The SMILES string of the molecule is O=C(CCNC(=O)c1ccco1)Oc1ccc(Br)cc1Cl. The molecule has 21 heavy (non-hydrogen) atoms. The molecule has 2 rings (SSSR count). The average Bonchev–Trinajstić information content (AvgIpc) is 2.96. The maximum Gasteiger partial charge on any atom is 0.313 e. The van der Waals surface area contributed by atoms with Gasteiger partial charge in [0.1, 0.15) is 5.75 Å². The van der Waals surface area contributed by atoms with Crippen LogP contribution in [0.15, 0.2) is 45.5 Å². The van der Waals surface area contributed by atoms with Crippen molar-refractivity contribution in [1.29, 1.82) is 0 Å². The van der Waals surface area contributed by atoms with Crippen LogP contribution in [0.2, 0.25) is 5.02 Å². The Labute approximate surface area is 134 Å². The van der Waals surface area contributed by atoms with Crippen molar-refractivity contribution < 1.29 is 18.7 Å². The summed E-state index contributed by atoms with van der Waals surface area (Å²) >= 11 is 9.19. The minimum absolute atomic E-state index is 0.0266. The highest BCUT2D eigenvalue weighted by molar-refractivity contribution is 9.10. The quantitative estimate of drug-likeness (QED) is 0.645. The standard InChI is InChI=1S/C14H11BrClNO4/c15-9-3-4-11(10(16)8-9)21-13(18)5-6-17-14(19)12-2-1-7-20-12/h1-4,7-8H,5-6H2,(H,17,19). The van der Waals surface area contributed by atoms with Crippen molar-refractivity contribution in [3.8, 4) is 5.75 Å². The van der Waals surface area contributed by atoms with Gasteiger partial charge in [0, 0.05) is 11.0 Å². The van der Waals surface area contributed by atoms with Crippen molar-refractivity contribution in [1.82, 2.24) is 5.32 Å². The number of hydrogen-bond acceptors (Lipinski definition) is 4. The molecule has 110 valence electrons. The first kappa shape index (κ1) is 15.6. The molecular formula is C14H11BrClNO4. The van der Waals surface area contributed by atoms with Gasteiger partial charge in [-0.3, -0.25) is 9.59 Å². The van der Waals surface area contributed by atoms with E-state index < -0.39 is 5.97 Å². The Bertz CT molecular complexity index is 642. The van der Waals surface area contributed by atoms with Crippen LogP contribution in [-0.4, -0.2) is 18.4 Å². The lowest BCUT2D eigenvalue weighted by Crippen LogP contribution is -2.26. The highest BCUT2D eigenvalue weighted by Gasteiger charge is 2.11. The molecule has 1 N–H and O–H groups in total. The fourth-order valence-corrected chi connectivity index (χ4v) is 2.22. The number of nitrogens with one attached hydrogen (secondary N) is 1. The summed E-state index contributed by atoms with van der Waals surface area (Å²) in [7, 11) is 0. The van der Waals surface area contributed by atoms with Crippen molar-refractivity contribution in [3.63, 3.8) is 0 Å². The van der Waals surface area contributed by atoms with Gasteiger partial charge in [0.25, 0.3) is 5.91 Å². The summed E-state index contributed by atoms with van der Waals surface area (Å²) in [5.74, 6) is -0.394. The third kappa shape index (κ3) is 4.61. The number of hydrogen-bond donors (Lipinski definition) is 1. The van der Waals surface area contributed by atoms with Crippen LogP contribution in [0.5, 0.6) is 5.75 Å². The molecule has 7 heteroatoms. The molecule has 0 bridgehead atoms. The van der Waals surface area contributed by atoms with Gasteiger partial charge in [-0.25, -0.2) is 0 Å². The summed E-state index contributed by atoms with van der Waals surface area (Å²) in [6, 6.07) is 8.08. The van der Waals surface area contributed by atoms with Crippen molar-refractivity contribution in [2.75, 3.05) is 6.54 Å². The van der Waals surface area contributed by atoms with Crippen LogP contribution in [0, 0.1) is 0 Å². The average molecular weight is 373 g/mol. The van der Waals surface area contributed by atoms with Crippen LogP contribution >= 0.6 is 27.5 Å². The van der Waals surface area contributed by atoms with Gasteiger partial charge in [-0.2, -0.15) is 0 Å². The number of furan rings is 1. The van der Waals surface area contributed by atoms with E-state index in [1.165, 1.54) is 12.3 Å². The molecule has 0 saturated heterocycles. The van der Waals surface area contributed by atoms with E-state index in [4.69, 9.17) is 20.8 Å². The molecule has 0 aliphatic heterocycles. The second kappa shape index (κ2) is 7.28. The van der Waals surface area contributed by atoms with Crippen molar-refractivity contribution in [2.24, 2.45) is 0 Å². The molecule has 0 unspecified atom stereocenters. The maximum atomic E-state index is 11.7. The molecule has 2 aromatic rings. The predicted octanol–water partition coefficient (Wildman–Crippen LogP) is 3.42. The molecule has 1 aromatic heterocycles. The van der Waals surface area contributed by atoms with Gasteiger partial charge in [-0.15, -0.1) is 0 Å². The van der Waals surface area contributed by atoms with Gasteiger partial charge in [0.2, 0.25) is 0 Å². The van der Waals surface area contributed by atoms with Crippen LogP contribution in [0.3, 0.4) is 0 Å². The molecule has 1 aromatic carbocycles. The monoisotopic (exact) mass is 371 g/mol. The minimum Gasteiger partial charge on any atom is -0.459 e. The van der Waals surface area contributed by atoms with E-state index in [1.54, 1.807) is 24.3 Å². The third-order valence-electron chi connectivity index (χ3n) is 2.48. The maximum absolute atomic E-state index is 11.7. The predicted molar refractivity (Wildman–Crippen MR) is 80.4 cm³/mol. The normalized spacial score (nSPS) is 10.2.